The molecule has 1 spiro atoms. The van der Waals surface area contributed by atoms with E-state index in [4.69, 9.17) is 37.9 Å². The van der Waals surface area contributed by atoms with E-state index in [-0.39, 0.29) is 35.3 Å². The quantitative estimate of drug-likeness (QED) is 0.202. The first-order chi connectivity index (χ1) is 27.0. The molecule has 6 rings (SSSR count). The zero-order valence-corrected chi connectivity index (χ0v) is 33.9. The van der Waals surface area contributed by atoms with Crippen molar-refractivity contribution >= 4 is 36.0 Å². The van der Waals surface area contributed by atoms with Crippen LogP contribution < -0.4 is 9.47 Å². The van der Waals surface area contributed by atoms with Crippen molar-refractivity contribution in [3.63, 3.8) is 0 Å². The lowest BCUT2D eigenvalue weighted by Gasteiger charge is -2.61. The second kappa shape index (κ2) is 15.4. The summed E-state index contributed by atoms with van der Waals surface area (Å²) in [7, 11) is 1.91. The third-order valence-corrected chi connectivity index (χ3v) is 10.4. The summed E-state index contributed by atoms with van der Waals surface area (Å²) in [5, 5.41) is 12.7. The maximum absolute atomic E-state index is 14.3. The Kier molecular flexibility index (Phi) is 11.2. The molecule has 2 aromatic rings. The summed E-state index contributed by atoms with van der Waals surface area (Å²) in [5.41, 5.74) is -2.89. The fourth-order valence-electron chi connectivity index (χ4n) is 8.29. The summed E-state index contributed by atoms with van der Waals surface area (Å²) < 4.78 is 45.2. The molecule has 2 bridgehead atoms. The highest BCUT2D eigenvalue weighted by Crippen LogP contribution is 2.65. The van der Waals surface area contributed by atoms with Gasteiger partial charge in [0.15, 0.2) is 17.6 Å². The molecule has 2 heterocycles. The molecule has 2 aliphatic carbocycles. The molecular weight excluding hydrogens is 758 g/mol. The average Bonchev–Trinajstić information content (AvgIpc) is 3.47. The molecule has 312 valence electrons. The minimum absolute atomic E-state index is 0.0111. The second-order valence-electron chi connectivity index (χ2n) is 16.9. The van der Waals surface area contributed by atoms with Gasteiger partial charge in [-0.15, -0.1) is 0 Å². The standard InChI is InChI=1S/C42H49NO15/c1-22(44)51-32(33(52-23(2)45)36(47)56-30(24-13-11-10-12-14-24)37(48)57-39(3,4)5)35(46)53-27-17-18-42(50)28-21-25-15-16-26(54-38(49)58-40(6,7)8)31-29(25)41(42,34(27)55-31)19-20-43(28)9/h10-17,28,30,32-34,50H,18-21H2,1-9H3/t28-,30-,32-,33-,34+,41+,42-/m1/s1. The number of ether oxygens (including phenoxy) is 8. The number of piperidine rings is 1. The molecule has 0 amide bonds. The average molecular weight is 808 g/mol. The lowest BCUT2D eigenvalue weighted by Crippen LogP contribution is -2.74. The van der Waals surface area contributed by atoms with Crippen LogP contribution in [-0.2, 0) is 64.2 Å². The Morgan fingerprint density at radius 2 is 1.43 bits per heavy atom. The number of likely N-dealkylation sites (tertiary alicyclic amines) is 1. The smallest absolute Gasteiger partial charge is 0.477 e. The van der Waals surface area contributed by atoms with Gasteiger partial charge in [-0.2, -0.15) is 0 Å². The highest BCUT2D eigenvalue weighted by atomic mass is 16.7. The van der Waals surface area contributed by atoms with E-state index in [0.717, 1.165) is 19.4 Å². The maximum atomic E-state index is 14.3. The van der Waals surface area contributed by atoms with Crippen molar-refractivity contribution in [2.75, 3.05) is 13.6 Å². The van der Waals surface area contributed by atoms with Gasteiger partial charge in [0.25, 0.3) is 0 Å². The Bertz CT molecular complexity index is 2030. The van der Waals surface area contributed by atoms with Crippen molar-refractivity contribution in [3.05, 3.63) is 71.0 Å². The van der Waals surface area contributed by atoms with E-state index in [0.29, 0.717) is 24.9 Å². The molecule has 1 fully saturated rings. The molecule has 2 aliphatic heterocycles. The van der Waals surface area contributed by atoms with Crippen molar-refractivity contribution in [2.45, 2.75) is 127 Å². The molecule has 7 atom stereocenters. The monoisotopic (exact) mass is 807 g/mol. The molecule has 2 aromatic carbocycles. The van der Waals surface area contributed by atoms with Crippen LogP contribution in [0.15, 0.2) is 54.3 Å². The van der Waals surface area contributed by atoms with Crippen LogP contribution in [-0.4, -0.2) is 101 Å². The molecule has 16 heteroatoms. The third-order valence-electron chi connectivity index (χ3n) is 10.4. The van der Waals surface area contributed by atoms with Gasteiger partial charge in [-0.25, -0.2) is 19.2 Å². The molecule has 58 heavy (non-hydrogen) atoms. The lowest BCUT2D eigenvalue weighted by molar-refractivity contribution is -0.197. The number of hydrogen-bond acceptors (Lipinski definition) is 16. The van der Waals surface area contributed by atoms with Gasteiger partial charge in [0.2, 0.25) is 18.3 Å². The Labute approximate surface area is 335 Å². The van der Waals surface area contributed by atoms with E-state index in [9.17, 15) is 33.9 Å². The van der Waals surface area contributed by atoms with Gasteiger partial charge in [0.1, 0.15) is 17.0 Å². The number of esters is 5. The normalized spacial score (nSPS) is 24.6. The summed E-state index contributed by atoms with van der Waals surface area (Å²) in [6, 6.07) is 10.9. The Hall–Kier alpha value is -5.48. The molecule has 16 nitrogen and oxygen atoms in total. The van der Waals surface area contributed by atoms with Crippen LogP contribution in [0.4, 0.5) is 4.79 Å². The van der Waals surface area contributed by atoms with Crippen LogP contribution in [0.25, 0.3) is 0 Å². The van der Waals surface area contributed by atoms with Gasteiger partial charge < -0.3 is 47.9 Å². The van der Waals surface area contributed by atoms with Crippen molar-refractivity contribution < 1.29 is 71.8 Å². The SMILES string of the molecule is CC(=O)O[C@@H](C(=O)OC1=CC[C@@]2(O)[C@H]3Cc4ccc(OC(=O)OC(C)(C)C)c5c4[C@@]2(CCN3C)[C@H]1O5)[C@@H](OC(C)=O)C(=O)O[C@@H](C(=O)OC(C)(C)C)c1ccccc1. The van der Waals surface area contributed by atoms with Crippen molar-refractivity contribution in [1.29, 1.82) is 0 Å². The number of hydrogen-bond donors (Lipinski definition) is 1. The third kappa shape index (κ3) is 7.99. The molecule has 1 saturated heterocycles. The zero-order chi connectivity index (χ0) is 42.5. The predicted octanol–water partition coefficient (Wildman–Crippen LogP) is 4.31. The summed E-state index contributed by atoms with van der Waals surface area (Å²) in [6.45, 7) is 12.3. The van der Waals surface area contributed by atoms with Gasteiger partial charge in [-0.3, -0.25) is 9.59 Å². The van der Waals surface area contributed by atoms with Crippen LogP contribution in [0.5, 0.6) is 11.5 Å². The van der Waals surface area contributed by atoms with Gasteiger partial charge in [0.05, 0.1) is 11.0 Å². The number of carbonyl (C=O) groups excluding carboxylic acids is 6. The van der Waals surface area contributed by atoms with E-state index >= 15 is 0 Å². The van der Waals surface area contributed by atoms with Crippen LogP contribution in [0.2, 0.25) is 0 Å². The Morgan fingerprint density at radius 1 is 0.810 bits per heavy atom. The molecule has 1 N–H and O–H groups in total. The summed E-state index contributed by atoms with van der Waals surface area (Å²) in [6.07, 6.45) is -6.11. The topological polar surface area (TPSA) is 200 Å². The van der Waals surface area contributed by atoms with Crippen molar-refractivity contribution in [3.8, 4) is 11.5 Å². The molecule has 0 unspecified atom stereocenters. The minimum Gasteiger partial charge on any atom is -0.477 e. The zero-order valence-electron chi connectivity index (χ0n) is 33.9. The van der Waals surface area contributed by atoms with Crippen LogP contribution >= 0.6 is 0 Å². The van der Waals surface area contributed by atoms with Gasteiger partial charge in [0, 0.05) is 37.4 Å². The van der Waals surface area contributed by atoms with Crippen LogP contribution in [0.1, 0.15) is 91.0 Å². The van der Waals surface area contributed by atoms with Gasteiger partial charge in [-0.1, -0.05) is 36.4 Å². The minimum atomic E-state index is -2.26. The largest absolute Gasteiger partial charge is 0.514 e. The van der Waals surface area contributed by atoms with E-state index in [1.54, 1.807) is 71.9 Å². The number of benzene rings is 2. The first kappa shape index (κ1) is 42.1. The maximum Gasteiger partial charge on any atom is 0.514 e. The fourth-order valence-corrected chi connectivity index (χ4v) is 8.29. The van der Waals surface area contributed by atoms with E-state index in [1.165, 1.54) is 18.2 Å². The highest BCUT2D eigenvalue weighted by molar-refractivity contribution is 5.91. The number of nitrogens with zero attached hydrogens (tertiary/aromatic N) is 1. The van der Waals surface area contributed by atoms with Crippen molar-refractivity contribution in [1.82, 2.24) is 4.90 Å². The van der Waals surface area contributed by atoms with Crippen LogP contribution in [0, 0.1) is 0 Å². The second-order valence-corrected chi connectivity index (χ2v) is 16.9. The first-order valence-electron chi connectivity index (χ1n) is 19.0. The molecule has 0 aromatic heterocycles. The van der Waals surface area contributed by atoms with Gasteiger partial charge in [-0.05, 0) is 85.7 Å². The molecule has 0 saturated carbocycles. The summed E-state index contributed by atoms with van der Waals surface area (Å²) >= 11 is 0. The van der Waals surface area contributed by atoms with Crippen molar-refractivity contribution in [2.24, 2.45) is 0 Å². The lowest BCUT2D eigenvalue weighted by atomic mass is 9.50. The van der Waals surface area contributed by atoms with E-state index < -0.39 is 82.6 Å². The molecular formula is C42H49NO15. The number of rotatable bonds is 10. The Morgan fingerprint density at radius 3 is 2.03 bits per heavy atom. The van der Waals surface area contributed by atoms with E-state index in [2.05, 4.69) is 4.90 Å². The number of likely N-dealkylation sites (N-methyl/N-ethyl adjacent to an activating group) is 1. The summed E-state index contributed by atoms with van der Waals surface area (Å²) in [5.74, 6) is -5.77. The molecule has 4 aliphatic rings. The van der Waals surface area contributed by atoms with Crippen LogP contribution in [0.3, 0.4) is 0 Å². The number of carbonyl (C=O) groups is 6. The Balaban J connectivity index is 1.35. The predicted molar refractivity (Wildman–Crippen MR) is 200 cm³/mol. The highest BCUT2D eigenvalue weighted by Gasteiger charge is 2.72. The summed E-state index contributed by atoms with van der Waals surface area (Å²) in [4.78, 5) is 81.4. The fraction of sp³-hybridized carbons (Fsp3) is 0.524. The number of aliphatic hydroxyl groups is 1. The molecule has 0 radical (unpaired) electrons. The van der Waals surface area contributed by atoms with Gasteiger partial charge >= 0.3 is 36.0 Å². The van der Waals surface area contributed by atoms with E-state index in [1.807, 2.05) is 7.05 Å². The first-order valence-corrected chi connectivity index (χ1v) is 19.0.